The summed E-state index contributed by atoms with van der Waals surface area (Å²) >= 11 is 0. The molecule has 31 heavy (non-hydrogen) atoms. The Morgan fingerprint density at radius 2 is 1.55 bits per heavy atom. The zero-order valence-electron chi connectivity index (χ0n) is 18.1. The van der Waals surface area contributed by atoms with Gasteiger partial charge in [0.15, 0.2) is 5.65 Å². The molecule has 0 aliphatic carbocycles. The van der Waals surface area contributed by atoms with E-state index in [9.17, 15) is 4.79 Å². The van der Waals surface area contributed by atoms with Crippen molar-refractivity contribution in [3.63, 3.8) is 0 Å². The lowest BCUT2D eigenvalue weighted by atomic mass is 10.2. The lowest BCUT2D eigenvalue weighted by Gasteiger charge is -2.19. The third-order valence-corrected chi connectivity index (χ3v) is 4.70. The second-order valence-corrected chi connectivity index (χ2v) is 8.05. The number of hydrogen-bond donors (Lipinski definition) is 1. The van der Waals surface area contributed by atoms with Crippen LogP contribution in [0.3, 0.4) is 0 Å². The van der Waals surface area contributed by atoms with E-state index in [2.05, 4.69) is 0 Å². The van der Waals surface area contributed by atoms with E-state index in [0.717, 1.165) is 0 Å². The van der Waals surface area contributed by atoms with Crippen molar-refractivity contribution in [1.29, 1.82) is 0 Å². The second kappa shape index (κ2) is 7.46. The molecule has 2 aromatic heterocycles. The molecule has 2 aromatic carbocycles. The van der Waals surface area contributed by atoms with Crippen LogP contribution in [0.25, 0.3) is 27.9 Å². The van der Waals surface area contributed by atoms with Crippen molar-refractivity contribution < 1.29 is 19.0 Å². The van der Waals surface area contributed by atoms with Crippen LogP contribution in [-0.2, 0) is 4.74 Å². The zero-order chi connectivity index (χ0) is 22.3. The number of benzene rings is 2. The summed E-state index contributed by atoms with van der Waals surface area (Å²) in [6.45, 7) is 5.40. The number of anilines is 1. The minimum Gasteiger partial charge on any atom is -0.497 e. The van der Waals surface area contributed by atoms with E-state index in [1.807, 2.05) is 24.3 Å². The Hall–Kier alpha value is -3.81. The van der Waals surface area contributed by atoms with Crippen molar-refractivity contribution >= 4 is 34.0 Å². The molecule has 0 spiro atoms. The van der Waals surface area contributed by atoms with Gasteiger partial charge in [0.25, 0.3) is 0 Å². The second-order valence-electron chi connectivity index (χ2n) is 8.05. The van der Waals surface area contributed by atoms with Crippen molar-refractivity contribution in [2.45, 2.75) is 26.4 Å². The largest absolute Gasteiger partial charge is 0.497 e. The molecule has 0 aliphatic heterocycles. The first-order valence-corrected chi connectivity index (χ1v) is 9.75. The first-order chi connectivity index (χ1) is 14.7. The number of carbonyl (C=O) groups excluding carboxylic acids is 1. The predicted octanol–water partition coefficient (Wildman–Crippen LogP) is 4.13. The van der Waals surface area contributed by atoms with Gasteiger partial charge in [-0.2, -0.15) is 0 Å². The highest BCUT2D eigenvalue weighted by atomic mass is 16.6. The van der Waals surface area contributed by atoms with Crippen molar-refractivity contribution in [3.8, 4) is 17.2 Å². The smallest absolute Gasteiger partial charge is 0.344 e. The Labute approximate surface area is 179 Å². The van der Waals surface area contributed by atoms with Gasteiger partial charge in [0.05, 0.1) is 30.9 Å². The van der Waals surface area contributed by atoms with Crippen molar-refractivity contribution in [2.24, 2.45) is 0 Å². The van der Waals surface area contributed by atoms with Gasteiger partial charge in [-0.3, -0.25) is 4.57 Å². The quantitative estimate of drug-likeness (QED) is 0.495. The molecule has 0 saturated carbocycles. The Morgan fingerprint density at radius 1 is 0.968 bits per heavy atom. The topological polar surface area (TPSA) is 101 Å². The summed E-state index contributed by atoms with van der Waals surface area (Å²) in [6.07, 6.45) is 0. The maximum Gasteiger partial charge on any atom is 0.344 e. The standard InChI is InChI=1S/C23H24N4O4/c1-23(2,3)31-22(28)18-19-21(26-17-9-7-6-8-16(17)25-19)27(20(18)24)13-10-14(29-4)12-15(11-13)30-5/h6-12H,24H2,1-5H3. The highest BCUT2D eigenvalue weighted by molar-refractivity contribution is 6.09. The van der Waals surface area contributed by atoms with E-state index < -0.39 is 11.6 Å². The van der Waals surface area contributed by atoms with E-state index in [1.54, 1.807) is 57.8 Å². The molecule has 160 valence electrons. The number of ether oxygens (including phenoxy) is 3. The molecule has 8 heteroatoms. The molecule has 2 heterocycles. The molecule has 0 aliphatic rings. The lowest BCUT2D eigenvalue weighted by molar-refractivity contribution is 0.00728. The molecule has 0 atom stereocenters. The number of esters is 1. The SMILES string of the molecule is COc1cc(OC)cc(-n2c(N)c(C(=O)OC(C)(C)C)c3nc4ccccc4nc32)c1. The van der Waals surface area contributed by atoms with Gasteiger partial charge in [-0.15, -0.1) is 0 Å². The van der Waals surface area contributed by atoms with E-state index in [0.29, 0.717) is 39.4 Å². The fourth-order valence-corrected chi connectivity index (χ4v) is 3.37. The first-order valence-electron chi connectivity index (χ1n) is 9.75. The highest BCUT2D eigenvalue weighted by Gasteiger charge is 2.29. The summed E-state index contributed by atoms with van der Waals surface area (Å²) in [5.74, 6) is 0.759. The van der Waals surface area contributed by atoms with Crippen molar-refractivity contribution in [3.05, 3.63) is 48.0 Å². The predicted molar refractivity (Wildman–Crippen MR) is 119 cm³/mol. The number of rotatable bonds is 4. The number of hydrogen-bond acceptors (Lipinski definition) is 7. The van der Waals surface area contributed by atoms with E-state index in [-0.39, 0.29) is 11.4 Å². The number of para-hydroxylation sites is 2. The van der Waals surface area contributed by atoms with Crippen LogP contribution in [0.5, 0.6) is 11.5 Å². The molecule has 2 N–H and O–H groups in total. The minimum atomic E-state index is -0.693. The normalized spacial score (nSPS) is 11.6. The van der Waals surface area contributed by atoms with Gasteiger partial charge in [-0.05, 0) is 32.9 Å². The van der Waals surface area contributed by atoms with Crippen LogP contribution in [0.4, 0.5) is 5.82 Å². The number of fused-ring (bicyclic) bond motifs is 2. The zero-order valence-corrected chi connectivity index (χ0v) is 18.1. The average Bonchev–Trinajstić information content (AvgIpc) is 3.01. The molecule has 4 aromatic rings. The molecule has 8 nitrogen and oxygen atoms in total. The van der Waals surface area contributed by atoms with Crippen molar-refractivity contribution in [2.75, 3.05) is 20.0 Å². The fourth-order valence-electron chi connectivity index (χ4n) is 3.37. The third-order valence-electron chi connectivity index (χ3n) is 4.70. The molecule has 0 amide bonds. The average molecular weight is 420 g/mol. The summed E-state index contributed by atoms with van der Waals surface area (Å²) in [6, 6.07) is 12.8. The van der Waals surface area contributed by atoms with Crippen molar-refractivity contribution in [1.82, 2.24) is 14.5 Å². The Morgan fingerprint density at radius 3 is 2.10 bits per heavy atom. The fraction of sp³-hybridized carbons (Fsp3) is 0.261. The molecular weight excluding hydrogens is 396 g/mol. The molecule has 0 unspecified atom stereocenters. The number of nitrogens with two attached hydrogens (primary N) is 1. The van der Waals surface area contributed by atoms with Gasteiger partial charge in [0.2, 0.25) is 0 Å². The van der Waals surface area contributed by atoms with E-state index in [4.69, 9.17) is 29.9 Å². The lowest BCUT2D eigenvalue weighted by Crippen LogP contribution is -2.24. The number of carbonyl (C=O) groups is 1. The third kappa shape index (κ3) is 3.72. The van der Waals surface area contributed by atoms with Crippen LogP contribution in [0.15, 0.2) is 42.5 Å². The first kappa shape index (κ1) is 20.5. The van der Waals surface area contributed by atoms with Crippen LogP contribution < -0.4 is 15.2 Å². The summed E-state index contributed by atoms with van der Waals surface area (Å²) in [5, 5.41) is 0. The minimum absolute atomic E-state index is 0.171. The molecule has 0 radical (unpaired) electrons. The van der Waals surface area contributed by atoms with Crippen LogP contribution >= 0.6 is 0 Å². The van der Waals surface area contributed by atoms with Gasteiger partial charge < -0.3 is 19.9 Å². The Bertz CT molecular complexity index is 1280. The van der Waals surface area contributed by atoms with Crippen LogP contribution in [0.2, 0.25) is 0 Å². The molecule has 0 bridgehead atoms. The van der Waals surface area contributed by atoms with Gasteiger partial charge in [0.1, 0.15) is 34.0 Å². The van der Waals surface area contributed by atoms with Gasteiger partial charge >= 0.3 is 5.97 Å². The van der Waals surface area contributed by atoms with Crippen LogP contribution in [-0.4, -0.2) is 40.3 Å². The molecule has 0 saturated heterocycles. The molecular formula is C23H24N4O4. The van der Waals surface area contributed by atoms with E-state index in [1.165, 1.54) is 0 Å². The Kier molecular flexibility index (Phi) is 4.93. The summed E-state index contributed by atoms with van der Waals surface area (Å²) in [7, 11) is 3.13. The number of nitrogens with zero attached hydrogens (tertiary/aromatic N) is 3. The maximum atomic E-state index is 13.1. The summed E-state index contributed by atoms with van der Waals surface area (Å²) in [4.78, 5) is 22.5. The van der Waals surface area contributed by atoms with Crippen LogP contribution in [0, 0.1) is 0 Å². The van der Waals surface area contributed by atoms with Gasteiger partial charge in [-0.25, -0.2) is 14.8 Å². The summed E-state index contributed by atoms with van der Waals surface area (Å²) in [5.41, 5.74) is 8.75. The Balaban J connectivity index is 2.07. The molecule has 0 fully saturated rings. The van der Waals surface area contributed by atoms with E-state index >= 15 is 0 Å². The van der Waals surface area contributed by atoms with Gasteiger partial charge in [0, 0.05) is 18.2 Å². The van der Waals surface area contributed by atoms with Gasteiger partial charge in [-0.1, -0.05) is 12.1 Å². The monoisotopic (exact) mass is 420 g/mol. The highest BCUT2D eigenvalue weighted by Crippen LogP contribution is 2.35. The summed E-state index contributed by atoms with van der Waals surface area (Å²) < 4.78 is 18.1. The van der Waals surface area contributed by atoms with Crippen LogP contribution in [0.1, 0.15) is 31.1 Å². The number of methoxy groups -OCH3 is 2. The number of aromatic nitrogens is 3. The maximum absolute atomic E-state index is 13.1. The number of nitrogen functional groups attached to an aromatic ring is 1. The molecule has 4 rings (SSSR count).